The zero-order valence-electron chi connectivity index (χ0n) is 16.8. The third-order valence-electron chi connectivity index (χ3n) is 4.42. The maximum Gasteiger partial charge on any atom is 0.271 e. The number of methoxy groups -OCH3 is 1. The number of anilines is 1. The van der Waals surface area contributed by atoms with Gasteiger partial charge in [0.1, 0.15) is 30.7 Å². The number of nitro benzene ring substituents is 1. The number of hydrogen-bond donors (Lipinski definition) is 1. The Kier molecular flexibility index (Phi) is 6.49. The van der Waals surface area contributed by atoms with Gasteiger partial charge in [-0.05, 0) is 18.2 Å². The standard InChI is InChI=1S/C19H21N3O8S/c1-28-16-8-7-13(22(24)25)9-15(16)21(31(2,26)27)11-19(23)20-10-14-12-29-17-5-3-4-6-18(17)30-14/h3-9,14H,10-12H2,1-2H3,(H,20,23)/t14-/m0/s1. The van der Waals surface area contributed by atoms with Gasteiger partial charge in [-0.2, -0.15) is 0 Å². The highest BCUT2D eigenvalue weighted by Gasteiger charge is 2.27. The molecule has 0 unspecified atom stereocenters. The molecule has 1 aliphatic heterocycles. The van der Waals surface area contributed by atoms with Crippen LogP contribution in [0.4, 0.5) is 11.4 Å². The topological polar surface area (TPSA) is 137 Å². The summed E-state index contributed by atoms with van der Waals surface area (Å²) in [7, 11) is -2.66. The van der Waals surface area contributed by atoms with E-state index in [2.05, 4.69) is 5.32 Å². The Morgan fingerprint density at radius 3 is 2.65 bits per heavy atom. The fourth-order valence-electron chi connectivity index (χ4n) is 2.95. The van der Waals surface area contributed by atoms with Gasteiger partial charge in [-0.3, -0.25) is 19.2 Å². The second kappa shape index (κ2) is 9.08. The number of rotatable bonds is 8. The molecule has 1 atom stereocenters. The Labute approximate surface area is 178 Å². The monoisotopic (exact) mass is 451 g/mol. The Morgan fingerprint density at radius 1 is 1.29 bits per heavy atom. The van der Waals surface area contributed by atoms with Crippen molar-refractivity contribution in [3.63, 3.8) is 0 Å². The molecule has 1 N–H and O–H groups in total. The van der Waals surface area contributed by atoms with E-state index >= 15 is 0 Å². The van der Waals surface area contributed by atoms with Crippen molar-refractivity contribution in [1.82, 2.24) is 5.32 Å². The number of sulfonamides is 1. The number of amides is 1. The smallest absolute Gasteiger partial charge is 0.271 e. The molecule has 1 aliphatic rings. The highest BCUT2D eigenvalue weighted by molar-refractivity contribution is 7.92. The number of benzene rings is 2. The summed E-state index contributed by atoms with van der Waals surface area (Å²) < 4.78 is 41.9. The van der Waals surface area contributed by atoms with Crippen molar-refractivity contribution in [2.45, 2.75) is 6.10 Å². The molecule has 31 heavy (non-hydrogen) atoms. The molecule has 3 rings (SSSR count). The van der Waals surface area contributed by atoms with E-state index in [1.807, 2.05) is 6.07 Å². The van der Waals surface area contributed by atoms with Crippen molar-refractivity contribution >= 4 is 27.3 Å². The van der Waals surface area contributed by atoms with E-state index in [1.165, 1.54) is 19.2 Å². The first-order valence-electron chi connectivity index (χ1n) is 9.14. The van der Waals surface area contributed by atoms with Gasteiger partial charge in [0.05, 0.1) is 24.8 Å². The molecule has 0 aromatic heterocycles. The van der Waals surface area contributed by atoms with Crippen LogP contribution in [0.1, 0.15) is 0 Å². The van der Waals surface area contributed by atoms with E-state index in [0.29, 0.717) is 11.5 Å². The van der Waals surface area contributed by atoms with Crippen LogP contribution < -0.4 is 23.8 Å². The lowest BCUT2D eigenvalue weighted by Crippen LogP contribution is -2.45. The van der Waals surface area contributed by atoms with Crippen LogP contribution in [0.3, 0.4) is 0 Å². The van der Waals surface area contributed by atoms with E-state index in [0.717, 1.165) is 16.6 Å². The fourth-order valence-corrected chi connectivity index (χ4v) is 3.80. The normalized spacial score (nSPS) is 15.1. The van der Waals surface area contributed by atoms with Crippen LogP contribution in [0.15, 0.2) is 42.5 Å². The number of carbonyl (C=O) groups is 1. The van der Waals surface area contributed by atoms with Gasteiger partial charge in [-0.15, -0.1) is 0 Å². The van der Waals surface area contributed by atoms with Crippen molar-refractivity contribution in [2.75, 3.05) is 37.4 Å². The summed E-state index contributed by atoms with van der Waals surface area (Å²) in [5, 5.41) is 13.7. The largest absolute Gasteiger partial charge is 0.495 e. The molecule has 1 amide bonds. The zero-order valence-corrected chi connectivity index (χ0v) is 17.6. The number of carbonyl (C=O) groups excluding carboxylic acids is 1. The van der Waals surface area contributed by atoms with Crippen LogP contribution in [-0.2, 0) is 14.8 Å². The SMILES string of the molecule is COc1ccc([N+](=O)[O-])cc1N(CC(=O)NC[C@H]1COc2ccccc2O1)S(C)(=O)=O. The van der Waals surface area contributed by atoms with Crippen LogP contribution in [0.2, 0.25) is 0 Å². The highest BCUT2D eigenvalue weighted by Crippen LogP contribution is 2.34. The molecule has 0 spiro atoms. The minimum Gasteiger partial charge on any atom is -0.495 e. The Hall–Kier alpha value is -3.54. The van der Waals surface area contributed by atoms with Gasteiger partial charge in [0.25, 0.3) is 5.69 Å². The third kappa shape index (κ3) is 5.34. The van der Waals surface area contributed by atoms with Crippen molar-refractivity contribution in [1.29, 1.82) is 0 Å². The summed E-state index contributed by atoms with van der Waals surface area (Å²) in [6.45, 7) is -0.302. The summed E-state index contributed by atoms with van der Waals surface area (Å²) in [4.78, 5) is 22.9. The van der Waals surface area contributed by atoms with E-state index < -0.39 is 33.5 Å². The number of para-hydroxylation sites is 2. The van der Waals surface area contributed by atoms with Crippen molar-refractivity contribution in [2.24, 2.45) is 0 Å². The molecule has 0 fully saturated rings. The first-order valence-corrected chi connectivity index (χ1v) is 11.0. The molecule has 166 valence electrons. The van der Waals surface area contributed by atoms with Gasteiger partial charge < -0.3 is 19.5 Å². The van der Waals surface area contributed by atoms with Gasteiger partial charge in [0.15, 0.2) is 11.5 Å². The maximum absolute atomic E-state index is 12.5. The molecule has 0 aliphatic carbocycles. The first-order chi connectivity index (χ1) is 14.7. The molecule has 0 bridgehead atoms. The summed E-state index contributed by atoms with van der Waals surface area (Å²) in [5.41, 5.74) is -0.447. The number of non-ortho nitro benzene ring substituents is 1. The van der Waals surface area contributed by atoms with Gasteiger partial charge in [-0.1, -0.05) is 12.1 Å². The maximum atomic E-state index is 12.5. The van der Waals surface area contributed by atoms with Crippen molar-refractivity contribution in [3.8, 4) is 17.2 Å². The van der Waals surface area contributed by atoms with Crippen LogP contribution in [0.5, 0.6) is 17.2 Å². The molecular formula is C19H21N3O8S. The van der Waals surface area contributed by atoms with Crippen molar-refractivity contribution in [3.05, 3.63) is 52.6 Å². The molecule has 2 aromatic rings. The lowest BCUT2D eigenvalue weighted by atomic mass is 10.2. The Morgan fingerprint density at radius 2 is 2.00 bits per heavy atom. The second-order valence-corrected chi connectivity index (χ2v) is 8.59. The average Bonchev–Trinajstić information content (AvgIpc) is 2.74. The van der Waals surface area contributed by atoms with Crippen molar-refractivity contribution < 1.29 is 32.3 Å². The molecule has 11 nitrogen and oxygen atoms in total. The fraction of sp³-hybridized carbons (Fsp3) is 0.316. The first kappa shape index (κ1) is 22.2. The molecule has 2 aromatic carbocycles. The van der Waals surface area contributed by atoms with E-state index in [4.69, 9.17) is 14.2 Å². The quantitative estimate of drug-likeness (QED) is 0.469. The third-order valence-corrected chi connectivity index (χ3v) is 5.55. The number of nitrogens with one attached hydrogen (secondary N) is 1. The highest BCUT2D eigenvalue weighted by atomic mass is 32.2. The average molecular weight is 451 g/mol. The predicted octanol–water partition coefficient (Wildman–Crippen LogP) is 1.33. The van der Waals surface area contributed by atoms with Crippen LogP contribution in [0, 0.1) is 10.1 Å². The van der Waals surface area contributed by atoms with Gasteiger partial charge in [0.2, 0.25) is 15.9 Å². The molecule has 0 radical (unpaired) electrons. The second-order valence-electron chi connectivity index (χ2n) is 6.68. The number of nitrogens with zero attached hydrogens (tertiary/aromatic N) is 2. The van der Waals surface area contributed by atoms with Crippen LogP contribution >= 0.6 is 0 Å². The lowest BCUT2D eigenvalue weighted by molar-refractivity contribution is -0.384. The minimum absolute atomic E-state index is 0.0736. The minimum atomic E-state index is -3.96. The predicted molar refractivity (Wildman–Crippen MR) is 111 cm³/mol. The number of fused-ring (bicyclic) bond motifs is 1. The molecule has 0 saturated carbocycles. The summed E-state index contributed by atoms with van der Waals surface area (Å²) in [6.07, 6.45) is 0.436. The number of ether oxygens (including phenoxy) is 3. The molecular weight excluding hydrogens is 430 g/mol. The van der Waals surface area contributed by atoms with E-state index in [9.17, 15) is 23.3 Å². The molecule has 0 saturated heterocycles. The molecule has 12 heteroatoms. The lowest BCUT2D eigenvalue weighted by Gasteiger charge is -2.27. The van der Waals surface area contributed by atoms with Gasteiger partial charge in [0, 0.05) is 12.1 Å². The van der Waals surface area contributed by atoms with E-state index in [1.54, 1.807) is 18.2 Å². The summed E-state index contributed by atoms with van der Waals surface area (Å²) in [6, 6.07) is 10.6. The van der Waals surface area contributed by atoms with E-state index in [-0.39, 0.29) is 30.3 Å². The zero-order chi connectivity index (χ0) is 22.6. The van der Waals surface area contributed by atoms with Crippen LogP contribution in [-0.4, -0.2) is 58.4 Å². The Balaban J connectivity index is 1.72. The van der Waals surface area contributed by atoms with Gasteiger partial charge >= 0.3 is 0 Å². The molecule has 1 heterocycles. The summed E-state index contributed by atoms with van der Waals surface area (Å²) >= 11 is 0. The van der Waals surface area contributed by atoms with Crippen LogP contribution in [0.25, 0.3) is 0 Å². The van der Waals surface area contributed by atoms with Gasteiger partial charge in [-0.25, -0.2) is 8.42 Å². The summed E-state index contributed by atoms with van der Waals surface area (Å²) in [5.74, 6) is 0.601. The Bertz CT molecular complexity index is 1090. The number of nitro groups is 1. The number of hydrogen-bond acceptors (Lipinski definition) is 8.